The fraction of sp³-hybridized carbons (Fsp3) is 0.286. The molecule has 0 radical (unpaired) electrons. The number of methoxy groups -OCH3 is 2. The third-order valence-corrected chi connectivity index (χ3v) is 6.31. The predicted molar refractivity (Wildman–Crippen MR) is 115 cm³/mol. The Labute approximate surface area is 184 Å². The van der Waals surface area contributed by atoms with Crippen LogP contribution in [0.2, 0.25) is 0 Å². The summed E-state index contributed by atoms with van der Waals surface area (Å²) in [6.45, 7) is 1.71. The van der Waals surface area contributed by atoms with Gasteiger partial charge in [-0.1, -0.05) is 6.07 Å². The summed E-state index contributed by atoms with van der Waals surface area (Å²) in [6.07, 6.45) is 3.20. The predicted octanol–water partition coefficient (Wildman–Crippen LogP) is 3.00. The van der Waals surface area contributed by atoms with E-state index >= 15 is 0 Å². The standard InChI is InChI=1S/C21H22N4O6S/c1-14-22-15(12-31-14)9-11-32(26,27)13-19-23-24-21(18-8-5-10-30-18)25(19)20-16(28-2)6-4-7-17(20)29-3/h4-8,10,12H,9,11,13H2,1-3H3. The minimum Gasteiger partial charge on any atom is -0.494 e. The zero-order valence-corrected chi connectivity index (χ0v) is 18.6. The van der Waals surface area contributed by atoms with Gasteiger partial charge in [-0.3, -0.25) is 4.57 Å². The van der Waals surface area contributed by atoms with E-state index in [1.807, 2.05) is 0 Å². The summed E-state index contributed by atoms with van der Waals surface area (Å²) in [5.41, 5.74) is 1.06. The summed E-state index contributed by atoms with van der Waals surface area (Å²) < 4.78 is 49.2. The third kappa shape index (κ3) is 4.37. The topological polar surface area (TPSA) is 122 Å². The van der Waals surface area contributed by atoms with E-state index < -0.39 is 9.84 Å². The number of hydrogen-bond donors (Lipinski definition) is 0. The maximum Gasteiger partial charge on any atom is 0.204 e. The Morgan fingerprint density at radius 3 is 2.38 bits per heavy atom. The molecule has 4 aromatic rings. The summed E-state index contributed by atoms with van der Waals surface area (Å²) in [7, 11) is -0.527. The van der Waals surface area contributed by atoms with Gasteiger partial charge in [-0.15, -0.1) is 10.2 Å². The van der Waals surface area contributed by atoms with Crippen LogP contribution in [-0.4, -0.2) is 48.1 Å². The molecule has 0 unspecified atom stereocenters. The average molecular weight is 458 g/mol. The van der Waals surface area contributed by atoms with Crippen LogP contribution in [0.3, 0.4) is 0 Å². The van der Waals surface area contributed by atoms with Crippen molar-refractivity contribution in [3.05, 3.63) is 60.3 Å². The average Bonchev–Trinajstić information content (AvgIpc) is 3.52. The number of rotatable bonds is 9. The summed E-state index contributed by atoms with van der Waals surface area (Å²) in [6, 6.07) is 8.69. The Balaban J connectivity index is 1.76. The second-order valence-corrected chi connectivity index (χ2v) is 9.15. The largest absolute Gasteiger partial charge is 0.494 e. The molecule has 0 bridgehead atoms. The molecular weight excluding hydrogens is 436 g/mol. The monoisotopic (exact) mass is 458 g/mol. The molecule has 3 aromatic heterocycles. The molecule has 0 saturated carbocycles. The lowest BCUT2D eigenvalue weighted by Gasteiger charge is -2.16. The minimum atomic E-state index is -3.57. The number of benzene rings is 1. The highest BCUT2D eigenvalue weighted by atomic mass is 32.2. The van der Waals surface area contributed by atoms with Gasteiger partial charge in [0.1, 0.15) is 29.2 Å². The SMILES string of the molecule is COc1cccc(OC)c1-n1c(CS(=O)(=O)CCc2coc(C)n2)nnc1-c1ccco1. The summed E-state index contributed by atoms with van der Waals surface area (Å²) >= 11 is 0. The number of hydrogen-bond acceptors (Lipinski definition) is 9. The number of sulfone groups is 1. The zero-order valence-electron chi connectivity index (χ0n) is 17.8. The van der Waals surface area contributed by atoms with Gasteiger partial charge >= 0.3 is 0 Å². The highest BCUT2D eigenvalue weighted by molar-refractivity contribution is 7.90. The van der Waals surface area contributed by atoms with Crippen LogP contribution in [0.25, 0.3) is 17.3 Å². The van der Waals surface area contributed by atoms with Crippen LogP contribution >= 0.6 is 0 Å². The first kappa shape index (κ1) is 21.6. The van der Waals surface area contributed by atoms with E-state index in [1.165, 1.54) is 26.7 Å². The lowest BCUT2D eigenvalue weighted by Crippen LogP contribution is -2.16. The number of oxazole rings is 1. The van der Waals surface area contributed by atoms with Crippen LogP contribution in [-0.2, 0) is 22.0 Å². The molecule has 1 aromatic carbocycles. The van der Waals surface area contributed by atoms with Crippen molar-refractivity contribution < 1.29 is 26.7 Å². The van der Waals surface area contributed by atoms with E-state index in [0.717, 1.165) is 0 Å². The fourth-order valence-corrected chi connectivity index (χ4v) is 4.56. The number of para-hydroxylation sites is 1. The Morgan fingerprint density at radius 1 is 1.03 bits per heavy atom. The van der Waals surface area contributed by atoms with Gasteiger partial charge in [0.2, 0.25) is 5.82 Å². The molecular formula is C21H22N4O6S. The van der Waals surface area contributed by atoms with Crippen LogP contribution < -0.4 is 9.47 Å². The number of aryl methyl sites for hydroxylation is 2. The van der Waals surface area contributed by atoms with Gasteiger partial charge < -0.3 is 18.3 Å². The second-order valence-electron chi connectivity index (χ2n) is 6.96. The van der Waals surface area contributed by atoms with E-state index in [1.54, 1.807) is 41.8 Å². The van der Waals surface area contributed by atoms with Crippen molar-refractivity contribution >= 4 is 9.84 Å². The molecule has 4 rings (SSSR count). The molecule has 0 aliphatic carbocycles. The summed E-state index contributed by atoms with van der Waals surface area (Å²) in [5, 5.41) is 8.38. The highest BCUT2D eigenvalue weighted by Crippen LogP contribution is 2.36. The minimum absolute atomic E-state index is 0.120. The van der Waals surface area contributed by atoms with Crippen molar-refractivity contribution in [1.29, 1.82) is 0 Å². The number of nitrogens with zero attached hydrogens (tertiary/aromatic N) is 4. The van der Waals surface area contributed by atoms with Crippen molar-refractivity contribution in [3.8, 4) is 28.8 Å². The highest BCUT2D eigenvalue weighted by Gasteiger charge is 2.26. The molecule has 10 nitrogen and oxygen atoms in total. The molecule has 0 N–H and O–H groups in total. The number of aromatic nitrogens is 4. The fourth-order valence-electron chi connectivity index (χ4n) is 3.31. The molecule has 0 fully saturated rings. The Bertz CT molecular complexity index is 1290. The molecule has 3 heterocycles. The maximum absolute atomic E-state index is 12.9. The molecule has 32 heavy (non-hydrogen) atoms. The van der Waals surface area contributed by atoms with Crippen LogP contribution in [0.4, 0.5) is 0 Å². The quantitative estimate of drug-likeness (QED) is 0.372. The van der Waals surface area contributed by atoms with Gasteiger partial charge in [0.25, 0.3) is 0 Å². The van der Waals surface area contributed by atoms with E-state index in [2.05, 4.69) is 15.2 Å². The van der Waals surface area contributed by atoms with Crippen molar-refractivity contribution in [2.45, 2.75) is 19.1 Å². The van der Waals surface area contributed by atoms with Crippen molar-refractivity contribution in [3.63, 3.8) is 0 Å². The second kappa shape index (κ2) is 8.87. The lowest BCUT2D eigenvalue weighted by atomic mass is 10.2. The summed E-state index contributed by atoms with van der Waals surface area (Å²) in [4.78, 5) is 4.16. The first-order valence-corrected chi connectivity index (χ1v) is 11.5. The van der Waals surface area contributed by atoms with Crippen LogP contribution in [0.15, 0.2) is 51.7 Å². The normalized spacial score (nSPS) is 11.6. The molecule has 168 valence electrons. The molecule has 0 atom stereocenters. The van der Waals surface area contributed by atoms with E-state index in [4.69, 9.17) is 18.3 Å². The van der Waals surface area contributed by atoms with Gasteiger partial charge in [0.05, 0.1) is 31.9 Å². The number of ether oxygens (including phenoxy) is 2. The van der Waals surface area contributed by atoms with Gasteiger partial charge in [0.15, 0.2) is 27.3 Å². The lowest BCUT2D eigenvalue weighted by molar-refractivity contribution is 0.390. The molecule has 0 aliphatic rings. The molecule has 0 saturated heterocycles. The van der Waals surface area contributed by atoms with Gasteiger partial charge in [0, 0.05) is 13.3 Å². The Kier molecular flexibility index (Phi) is 5.99. The van der Waals surface area contributed by atoms with Crippen LogP contribution in [0.5, 0.6) is 11.5 Å². The first-order valence-electron chi connectivity index (χ1n) is 9.73. The Hall–Kier alpha value is -3.60. The van der Waals surface area contributed by atoms with E-state index in [0.29, 0.717) is 40.4 Å². The van der Waals surface area contributed by atoms with E-state index in [9.17, 15) is 8.42 Å². The number of furan rings is 1. The molecule has 0 spiro atoms. The van der Waals surface area contributed by atoms with Crippen molar-refractivity contribution in [2.24, 2.45) is 0 Å². The zero-order chi connectivity index (χ0) is 22.7. The van der Waals surface area contributed by atoms with Gasteiger partial charge in [-0.25, -0.2) is 13.4 Å². The van der Waals surface area contributed by atoms with Gasteiger partial charge in [-0.2, -0.15) is 0 Å². The first-order chi connectivity index (χ1) is 15.4. The van der Waals surface area contributed by atoms with Crippen LogP contribution in [0, 0.1) is 6.92 Å². The van der Waals surface area contributed by atoms with Crippen LogP contribution in [0.1, 0.15) is 17.4 Å². The van der Waals surface area contributed by atoms with Gasteiger partial charge in [-0.05, 0) is 24.3 Å². The molecule has 11 heteroatoms. The molecule has 0 amide bonds. The van der Waals surface area contributed by atoms with Crippen molar-refractivity contribution in [2.75, 3.05) is 20.0 Å². The van der Waals surface area contributed by atoms with E-state index in [-0.39, 0.29) is 23.8 Å². The Morgan fingerprint density at radius 2 is 1.78 bits per heavy atom. The molecule has 0 aliphatic heterocycles. The smallest absolute Gasteiger partial charge is 0.204 e. The van der Waals surface area contributed by atoms with Crippen molar-refractivity contribution in [1.82, 2.24) is 19.7 Å². The maximum atomic E-state index is 12.9. The summed E-state index contributed by atoms with van der Waals surface area (Å²) in [5.74, 6) is 1.91. The third-order valence-electron chi connectivity index (χ3n) is 4.78.